The number of hydrogen-bond acceptors (Lipinski definition) is 24. The highest BCUT2D eigenvalue weighted by Crippen LogP contribution is 2.11. The molecular weight excluding hydrogens is 989 g/mol. The summed E-state index contributed by atoms with van der Waals surface area (Å²) in [6.45, 7) is -0.796. The standard InChI is InChI=1S/C14H19N3O5.C9H11NO3.C7H13N3O5.C6H9N3O2.C5H9NO2.C2H5NO2/c15-7-12(18)22-14(20)11(17)8-21-13(19)10(16)6-9-4-2-1-3-5-9;10-8(9(12)13)5-6-1-3-7(11)4-2-6;8-3(1-5(10)11)7(14)15-2-4(9)6(12)13;7-5(6(10)11)1-4-2-8-3-9-4;7-5(8)4-2-1-3-6-4;3-1-2(4)5/h1-5,10-11H,6-8,15-17H2;1-4,8,11H,5,10H2,(H,12,13);3-4H,1-2,8-9H2,(H2,10,11)(H,12,13);2-3,5H,1,7H2,(H,8,9)(H,10,11);4,6H,1-3H2,(H,7,8);1,3H2,(H,4,5)/t10-,11-;8-;3-,4-;5-;4-;/m00000./s1. The van der Waals surface area contributed by atoms with E-state index in [1.54, 1.807) is 18.3 Å². The van der Waals surface area contributed by atoms with E-state index < -0.39 is 116 Å². The first-order valence-electron chi connectivity index (χ1n) is 21.6. The summed E-state index contributed by atoms with van der Waals surface area (Å²) in [7, 11) is 0. The van der Waals surface area contributed by atoms with Crippen molar-refractivity contribution in [3.8, 4) is 5.75 Å². The Hall–Kier alpha value is -8.01. The molecule has 3 aromatic rings. The number of rotatable bonds is 21. The number of H-pyrrole nitrogens is 1. The van der Waals surface area contributed by atoms with Gasteiger partial charge in [-0.05, 0) is 55.5 Å². The molecule has 2 heterocycles. The number of aromatic amines is 1. The third-order valence-electron chi connectivity index (χ3n) is 8.68. The van der Waals surface area contributed by atoms with E-state index in [2.05, 4.69) is 30.5 Å². The number of imidazole rings is 1. The summed E-state index contributed by atoms with van der Waals surface area (Å²) in [5.41, 5.74) is 48.7. The van der Waals surface area contributed by atoms with Crippen LogP contribution in [0.15, 0.2) is 67.1 Å². The van der Waals surface area contributed by atoms with Crippen LogP contribution in [0.2, 0.25) is 0 Å². The minimum atomic E-state index is -1.31. The number of amides is 1. The Kier molecular flexibility index (Phi) is 35.5. The molecule has 1 saturated heterocycles. The third-order valence-corrected chi connectivity index (χ3v) is 8.68. The van der Waals surface area contributed by atoms with E-state index in [9.17, 15) is 47.9 Å². The molecule has 31 heteroatoms. The van der Waals surface area contributed by atoms with E-state index in [4.69, 9.17) is 81.2 Å². The number of phenols is 1. The molecule has 0 bridgehead atoms. The van der Waals surface area contributed by atoms with Crippen molar-refractivity contribution < 1.29 is 92.8 Å². The molecule has 26 N–H and O–H groups in total. The van der Waals surface area contributed by atoms with Gasteiger partial charge in [0.1, 0.15) is 61.3 Å². The first-order valence-corrected chi connectivity index (χ1v) is 21.6. The fourth-order valence-electron chi connectivity index (χ4n) is 4.76. The molecule has 7 atom stereocenters. The number of benzene rings is 2. The number of nitrogens with one attached hydrogen (secondary N) is 2. The molecule has 1 fully saturated rings. The molecule has 4 rings (SSSR count). The maximum atomic E-state index is 11.7. The Balaban J connectivity index is 0. The Labute approximate surface area is 422 Å². The van der Waals surface area contributed by atoms with Gasteiger partial charge in [0.05, 0.1) is 31.5 Å². The lowest BCUT2D eigenvalue weighted by Crippen LogP contribution is -2.42. The summed E-state index contributed by atoms with van der Waals surface area (Å²) in [5, 5.41) is 53.1. The van der Waals surface area contributed by atoms with Crippen molar-refractivity contribution in [3.05, 3.63) is 83.9 Å². The summed E-state index contributed by atoms with van der Waals surface area (Å²) in [6, 6.07) is 8.80. The van der Waals surface area contributed by atoms with Crippen LogP contribution < -0.4 is 56.9 Å². The molecule has 0 spiro atoms. The Morgan fingerprint density at radius 1 is 0.622 bits per heavy atom. The molecule has 2 aromatic carbocycles. The lowest BCUT2D eigenvalue weighted by Gasteiger charge is -2.14. The minimum absolute atomic E-state index is 0.160. The number of carboxylic acid groups (broad SMARTS) is 5. The zero-order chi connectivity index (χ0) is 56.9. The SMILES string of the molecule is NC(=O)C[C@H](N)C(=O)OC[C@H](N)C(=O)O.NCC(=O)O.NCC(=O)OC(=O)[C@@H](N)COC(=O)[C@@H](N)Cc1ccccc1.N[C@@H](Cc1c[nH]cn1)C(=O)O.N[C@@H](Cc1ccc(O)cc1)C(=O)O.O=C(O)[C@@H]1CCCN1. The van der Waals surface area contributed by atoms with Crippen molar-refractivity contribution in [2.45, 2.75) is 80.8 Å². The van der Waals surface area contributed by atoms with Crippen molar-refractivity contribution >= 4 is 59.6 Å². The van der Waals surface area contributed by atoms with Crippen LogP contribution in [0.25, 0.3) is 0 Å². The van der Waals surface area contributed by atoms with E-state index in [1.807, 2.05) is 30.3 Å². The highest BCUT2D eigenvalue weighted by atomic mass is 16.6. The number of aromatic hydroxyl groups is 1. The van der Waals surface area contributed by atoms with Gasteiger partial charge in [-0.25, -0.2) is 9.78 Å². The van der Waals surface area contributed by atoms with Gasteiger partial charge < -0.3 is 107 Å². The number of phenolic OH excluding ortho intramolecular Hbond substituents is 1. The predicted molar refractivity (Wildman–Crippen MR) is 256 cm³/mol. The van der Waals surface area contributed by atoms with Crippen molar-refractivity contribution in [2.75, 3.05) is 32.8 Å². The molecule has 1 amide bonds. The molecule has 1 aliphatic heterocycles. The van der Waals surface area contributed by atoms with Crippen molar-refractivity contribution in [2.24, 2.45) is 51.6 Å². The first kappa shape index (κ1) is 68.1. The predicted octanol–water partition coefficient (Wildman–Crippen LogP) is -5.84. The number of ether oxygens (including phenoxy) is 3. The summed E-state index contributed by atoms with van der Waals surface area (Å²) in [5.74, 6) is -9.13. The van der Waals surface area contributed by atoms with Crippen molar-refractivity contribution in [1.29, 1.82) is 0 Å². The fourth-order valence-corrected chi connectivity index (χ4v) is 4.76. The second-order valence-electron chi connectivity index (χ2n) is 15.0. The number of carbonyl (C=O) groups excluding carboxylic acids is 5. The largest absolute Gasteiger partial charge is 0.508 e. The van der Waals surface area contributed by atoms with E-state index in [-0.39, 0.29) is 37.6 Å². The van der Waals surface area contributed by atoms with Gasteiger partial charge in [-0.3, -0.25) is 43.2 Å². The number of nitrogens with two attached hydrogens (primary N) is 9. The average Bonchev–Trinajstić information content (AvgIpc) is 4.10. The number of aromatic nitrogens is 2. The van der Waals surface area contributed by atoms with Crippen molar-refractivity contribution in [1.82, 2.24) is 15.3 Å². The lowest BCUT2D eigenvalue weighted by atomic mass is 10.1. The summed E-state index contributed by atoms with van der Waals surface area (Å²) in [6.07, 6.45) is 5.37. The van der Waals surface area contributed by atoms with Gasteiger partial charge in [0.25, 0.3) is 0 Å². The van der Waals surface area contributed by atoms with E-state index in [1.165, 1.54) is 18.5 Å². The molecule has 0 saturated carbocycles. The molecule has 0 unspecified atom stereocenters. The molecule has 412 valence electrons. The van der Waals surface area contributed by atoms with Gasteiger partial charge in [-0.1, -0.05) is 42.5 Å². The Morgan fingerprint density at radius 2 is 1.11 bits per heavy atom. The smallest absolute Gasteiger partial charge is 0.334 e. The third kappa shape index (κ3) is 34.3. The van der Waals surface area contributed by atoms with Crippen LogP contribution >= 0.6 is 0 Å². The van der Waals surface area contributed by atoms with Crippen LogP contribution in [0.3, 0.4) is 0 Å². The number of aliphatic carboxylic acids is 5. The van der Waals surface area contributed by atoms with Gasteiger partial charge in [-0.2, -0.15) is 0 Å². The van der Waals surface area contributed by atoms with Crippen LogP contribution in [0.1, 0.15) is 36.1 Å². The zero-order valence-corrected chi connectivity index (χ0v) is 39.8. The topological polar surface area (TPSA) is 595 Å². The monoisotopic (exact) mass is 1050 g/mol. The molecular formula is C43H66N12O19. The summed E-state index contributed by atoms with van der Waals surface area (Å²) >= 11 is 0. The van der Waals surface area contributed by atoms with Gasteiger partial charge in [0.15, 0.2) is 0 Å². The molecule has 0 radical (unpaired) electrons. The number of hydrogen-bond donors (Lipinski definition) is 17. The zero-order valence-electron chi connectivity index (χ0n) is 39.8. The number of carboxylic acids is 5. The lowest BCUT2D eigenvalue weighted by molar-refractivity contribution is -0.161. The number of primary amides is 1. The van der Waals surface area contributed by atoms with Gasteiger partial charge >= 0.3 is 53.7 Å². The molecule has 0 aliphatic carbocycles. The van der Waals surface area contributed by atoms with E-state index in [0.717, 1.165) is 30.5 Å². The number of carbonyl (C=O) groups is 10. The maximum absolute atomic E-state index is 11.7. The second-order valence-corrected chi connectivity index (χ2v) is 15.0. The van der Waals surface area contributed by atoms with Crippen LogP contribution in [0, 0.1) is 0 Å². The highest BCUT2D eigenvalue weighted by molar-refractivity contribution is 5.89. The summed E-state index contributed by atoms with van der Waals surface area (Å²) in [4.78, 5) is 112. The normalized spacial score (nSPS) is 14.4. The van der Waals surface area contributed by atoms with E-state index in [0.29, 0.717) is 12.1 Å². The van der Waals surface area contributed by atoms with Gasteiger partial charge in [-0.15, -0.1) is 0 Å². The van der Waals surface area contributed by atoms with Gasteiger partial charge in [0.2, 0.25) is 5.91 Å². The second kappa shape index (κ2) is 38.6. The Morgan fingerprint density at radius 3 is 1.53 bits per heavy atom. The molecule has 31 nitrogen and oxygen atoms in total. The maximum Gasteiger partial charge on any atom is 0.334 e. The number of nitrogens with zero attached hydrogens (tertiary/aromatic N) is 1. The van der Waals surface area contributed by atoms with Crippen LogP contribution in [-0.4, -0.2) is 175 Å². The fraction of sp³-hybridized carbons (Fsp3) is 0.419. The Bertz CT molecular complexity index is 2180. The van der Waals surface area contributed by atoms with Gasteiger partial charge in [0, 0.05) is 12.6 Å². The molecule has 74 heavy (non-hydrogen) atoms. The first-order chi connectivity index (χ1) is 34.6. The van der Waals surface area contributed by atoms with Crippen LogP contribution in [0.5, 0.6) is 5.75 Å². The van der Waals surface area contributed by atoms with Crippen LogP contribution in [-0.2, 0) is 81.4 Å². The average molecular weight is 1060 g/mol. The van der Waals surface area contributed by atoms with Crippen molar-refractivity contribution in [3.63, 3.8) is 0 Å². The van der Waals surface area contributed by atoms with E-state index >= 15 is 0 Å². The molecule has 1 aliphatic rings. The van der Waals surface area contributed by atoms with Crippen LogP contribution in [0.4, 0.5) is 0 Å². The highest BCUT2D eigenvalue weighted by Gasteiger charge is 2.24. The minimum Gasteiger partial charge on any atom is -0.508 e. The quantitative estimate of drug-likeness (QED) is 0.0268. The molecule has 1 aromatic heterocycles. The number of esters is 4. The summed E-state index contributed by atoms with van der Waals surface area (Å²) < 4.78 is 13.6.